The number of rotatable bonds is 2. The fraction of sp³-hybridized carbons (Fsp3) is 0.545. The number of hydrogen-bond acceptors (Lipinski definition) is 1. The molecule has 2 aliphatic rings. The maximum Gasteiger partial charge on any atom is 0.200 e. The second-order valence-corrected chi connectivity index (χ2v) is 5.59. The van der Waals surface area contributed by atoms with E-state index in [4.69, 9.17) is 11.6 Å². The lowest BCUT2D eigenvalue weighted by Gasteiger charge is -2.28. The van der Waals surface area contributed by atoms with Gasteiger partial charge < -0.3 is 0 Å². The summed E-state index contributed by atoms with van der Waals surface area (Å²) in [6, 6.07) is 0. The first-order valence-electron chi connectivity index (χ1n) is 4.87. The smallest absolute Gasteiger partial charge is 0.200 e. The summed E-state index contributed by atoms with van der Waals surface area (Å²) in [5, 5.41) is 0.571. The van der Waals surface area contributed by atoms with E-state index in [1.54, 1.807) is 0 Å². The van der Waals surface area contributed by atoms with Crippen LogP contribution in [-0.2, 0) is 4.79 Å². The molecule has 0 N–H and O–H groups in total. The van der Waals surface area contributed by atoms with E-state index < -0.39 is 10.5 Å². The molecule has 82 valence electrons. The van der Waals surface area contributed by atoms with Crippen molar-refractivity contribution in [2.24, 2.45) is 11.8 Å². The van der Waals surface area contributed by atoms with Gasteiger partial charge in [-0.25, -0.2) is 4.39 Å². The number of halogens is 3. The van der Waals surface area contributed by atoms with Crippen LogP contribution in [0.15, 0.2) is 22.8 Å². The van der Waals surface area contributed by atoms with Gasteiger partial charge in [0.15, 0.2) is 12.0 Å². The standard InChI is InChI=1S/C11H11BrClFO/c1-6-4-7(6)9-8(13)2-3-11(14,5-15)10(9)12/h2-3,5-7,10H,4H2,1H3/t6-,7-,10?,11?/m1/s1. The topological polar surface area (TPSA) is 17.1 Å². The van der Waals surface area contributed by atoms with Gasteiger partial charge in [-0.1, -0.05) is 34.5 Å². The maximum absolute atomic E-state index is 14.0. The molecule has 0 radical (unpaired) electrons. The van der Waals surface area contributed by atoms with Crippen molar-refractivity contribution in [3.63, 3.8) is 0 Å². The third kappa shape index (κ3) is 1.80. The highest BCUT2D eigenvalue weighted by molar-refractivity contribution is 9.09. The Morgan fingerprint density at radius 1 is 1.73 bits per heavy atom. The van der Waals surface area contributed by atoms with Crippen LogP contribution >= 0.6 is 27.5 Å². The normalized spacial score (nSPS) is 44.4. The van der Waals surface area contributed by atoms with Crippen LogP contribution in [0.1, 0.15) is 13.3 Å². The van der Waals surface area contributed by atoms with E-state index in [1.165, 1.54) is 12.2 Å². The molecule has 4 heteroatoms. The van der Waals surface area contributed by atoms with E-state index in [9.17, 15) is 9.18 Å². The van der Waals surface area contributed by atoms with E-state index in [-0.39, 0.29) is 0 Å². The van der Waals surface area contributed by atoms with Gasteiger partial charge >= 0.3 is 0 Å². The van der Waals surface area contributed by atoms with Crippen molar-refractivity contribution in [1.29, 1.82) is 0 Å². The average Bonchev–Trinajstić information content (AvgIpc) is 2.90. The van der Waals surface area contributed by atoms with Gasteiger partial charge in [-0.15, -0.1) is 0 Å². The third-order valence-corrected chi connectivity index (χ3v) is 4.65. The molecule has 0 spiro atoms. The first-order valence-corrected chi connectivity index (χ1v) is 6.17. The number of hydrogen-bond donors (Lipinski definition) is 0. The second kappa shape index (κ2) is 3.70. The number of carbonyl (C=O) groups is 1. The van der Waals surface area contributed by atoms with Gasteiger partial charge in [0.25, 0.3) is 0 Å². The predicted octanol–water partition coefficient (Wildman–Crippen LogP) is 3.38. The molecule has 1 fully saturated rings. The summed E-state index contributed by atoms with van der Waals surface area (Å²) in [6.07, 6.45) is 4.07. The Morgan fingerprint density at radius 3 is 2.80 bits per heavy atom. The number of aldehydes is 1. The number of carbonyl (C=O) groups excluding carboxylic acids is 1. The van der Waals surface area contributed by atoms with Crippen LogP contribution < -0.4 is 0 Å². The quantitative estimate of drug-likeness (QED) is 0.563. The zero-order valence-corrected chi connectivity index (χ0v) is 10.6. The molecule has 2 rings (SSSR count). The summed E-state index contributed by atoms with van der Waals surface area (Å²) in [4.78, 5) is 10.1. The summed E-state index contributed by atoms with van der Waals surface area (Å²) in [5.74, 6) is 0.859. The van der Waals surface area contributed by atoms with Gasteiger partial charge in [0, 0.05) is 5.03 Å². The minimum Gasteiger partial charge on any atom is -0.299 e. The van der Waals surface area contributed by atoms with Gasteiger partial charge in [0.05, 0.1) is 4.83 Å². The van der Waals surface area contributed by atoms with Crippen LogP contribution in [-0.4, -0.2) is 16.8 Å². The fourth-order valence-electron chi connectivity index (χ4n) is 1.96. The summed E-state index contributed by atoms with van der Waals surface area (Å²) >= 11 is 9.29. The lowest BCUT2D eigenvalue weighted by molar-refractivity contribution is -0.115. The largest absolute Gasteiger partial charge is 0.299 e. The molecule has 0 bridgehead atoms. The molecule has 2 unspecified atom stereocenters. The second-order valence-electron chi connectivity index (χ2n) is 4.26. The molecule has 0 saturated heterocycles. The maximum atomic E-state index is 14.0. The van der Waals surface area contributed by atoms with Crippen molar-refractivity contribution in [2.45, 2.75) is 23.8 Å². The molecule has 2 aliphatic carbocycles. The van der Waals surface area contributed by atoms with Crippen LogP contribution in [0.25, 0.3) is 0 Å². The van der Waals surface area contributed by atoms with Gasteiger partial charge in [0.2, 0.25) is 0 Å². The van der Waals surface area contributed by atoms with Crippen molar-refractivity contribution < 1.29 is 9.18 Å². The van der Waals surface area contributed by atoms with E-state index >= 15 is 0 Å². The van der Waals surface area contributed by atoms with Gasteiger partial charge in [-0.3, -0.25) is 4.79 Å². The summed E-state index contributed by atoms with van der Waals surface area (Å²) in [5.41, 5.74) is -1.11. The molecule has 1 saturated carbocycles. The van der Waals surface area contributed by atoms with Crippen LogP contribution in [0.2, 0.25) is 0 Å². The van der Waals surface area contributed by atoms with Crippen LogP contribution in [0, 0.1) is 11.8 Å². The first-order chi connectivity index (χ1) is 6.99. The Labute approximate surface area is 101 Å². The lowest BCUT2D eigenvalue weighted by atomic mass is 9.89. The van der Waals surface area contributed by atoms with Crippen molar-refractivity contribution in [3.8, 4) is 0 Å². The minimum atomic E-state index is -1.95. The highest BCUT2D eigenvalue weighted by Gasteiger charge is 2.48. The third-order valence-electron chi connectivity index (χ3n) is 3.11. The Balaban J connectivity index is 2.35. The molecule has 15 heavy (non-hydrogen) atoms. The molecule has 0 aromatic heterocycles. The molecule has 0 aliphatic heterocycles. The van der Waals surface area contributed by atoms with Crippen LogP contribution in [0.3, 0.4) is 0 Å². The zero-order valence-electron chi connectivity index (χ0n) is 8.21. The zero-order chi connectivity index (χ0) is 11.2. The Kier molecular flexibility index (Phi) is 2.80. The molecular weight excluding hydrogens is 282 g/mol. The molecule has 1 nitrogen and oxygen atoms in total. The van der Waals surface area contributed by atoms with Crippen molar-refractivity contribution in [1.82, 2.24) is 0 Å². The fourth-order valence-corrected chi connectivity index (χ4v) is 3.25. The minimum absolute atomic E-state index is 0.321. The van der Waals surface area contributed by atoms with Crippen molar-refractivity contribution >= 4 is 33.8 Å². The van der Waals surface area contributed by atoms with Crippen molar-refractivity contribution in [3.05, 3.63) is 22.8 Å². The van der Waals surface area contributed by atoms with Crippen LogP contribution in [0.4, 0.5) is 4.39 Å². The SMILES string of the molecule is C[C@@H]1C[C@H]1C1=C(Cl)C=CC(F)(C=O)C1Br. The Morgan fingerprint density at radius 2 is 2.33 bits per heavy atom. The molecule has 0 heterocycles. The Bertz CT molecular complexity index is 366. The average molecular weight is 294 g/mol. The molecule has 0 amide bonds. The highest BCUT2D eigenvalue weighted by atomic mass is 79.9. The van der Waals surface area contributed by atoms with Gasteiger partial charge in [0.1, 0.15) is 0 Å². The van der Waals surface area contributed by atoms with Gasteiger partial charge in [-0.05, 0) is 36.0 Å². The Hall–Kier alpha value is -0.150. The van der Waals surface area contributed by atoms with E-state index in [0.29, 0.717) is 23.2 Å². The number of allylic oxidation sites excluding steroid dienone is 4. The number of alkyl halides is 2. The summed E-state index contributed by atoms with van der Waals surface area (Å²) in [7, 11) is 0. The predicted molar refractivity (Wildman–Crippen MR) is 61.9 cm³/mol. The molecular formula is C11H11BrClFO. The molecule has 4 atom stereocenters. The monoisotopic (exact) mass is 292 g/mol. The summed E-state index contributed by atoms with van der Waals surface area (Å²) in [6.45, 7) is 2.10. The highest BCUT2D eigenvalue weighted by Crippen LogP contribution is 2.51. The van der Waals surface area contributed by atoms with Crippen LogP contribution in [0.5, 0.6) is 0 Å². The van der Waals surface area contributed by atoms with E-state index in [2.05, 4.69) is 22.9 Å². The van der Waals surface area contributed by atoms with E-state index in [1.807, 2.05) is 0 Å². The van der Waals surface area contributed by atoms with Gasteiger partial charge in [-0.2, -0.15) is 0 Å². The van der Waals surface area contributed by atoms with E-state index in [0.717, 1.165) is 12.0 Å². The summed E-state index contributed by atoms with van der Waals surface area (Å²) < 4.78 is 14.0. The molecule has 0 aromatic carbocycles. The molecule has 0 aromatic rings. The van der Waals surface area contributed by atoms with Crippen molar-refractivity contribution in [2.75, 3.05) is 0 Å². The first kappa shape index (κ1) is 11.3. The lowest BCUT2D eigenvalue weighted by Crippen LogP contribution is -2.37.